The predicted octanol–water partition coefficient (Wildman–Crippen LogP) is 2.36. The topological polar surface area (TPSA) is 18.5 Å². The summed E-state index contributed by atoms with van der Waals surface area (Å²) in [6.45, 7) is 0.370. The number of terminal acetylenes is 2. The summed E-state index contributed by atoms with van der Waals surface area (Å²) in [5.41, 5.74) is 0. The van der Waals surface area contributed by atoms with E-state index in [2.05, 4.69) is 11.8 Å². The minimum atomic E-state index is 0.165. The molecule has 0 N–H and O–H groups in total. The summed E-state index contributed by atoms with van der Waals surface area (Å²) in [5, 5.41) is 0.485. The second kappa shape index (κ2) is 5.86. The Morgan fingerprint density at radius 3 is 2.47 bits per heavy atom. The molecule has 0 spiro atoms. The molecule has 76 valence electrons. The average Bonchev–Trinajstić information content (AvgIpc) is 2.26. The fourth-order valence-electron chi connectivity index (χ4n) is 0.929. The second-order valence-corrected chi connectivity index (χ2v) is 2.99. The third kappa shape index (κ3) is 3.46. The highest BCUT2D eigenvalue weighted by molar-refractivity contribution is 6.32. The maximum Gasteiger partial charge on any atom is 0.148 e. The van der Waals surface area contributed by atoms with Crippen molar-refractivity contribution < 1.29 is 9.47 Å². The van der Waals surface area contributed by atoms with Crippen molar-refractivity contribution >= 4 is 11.6 Å². The van der Waals surface area contributed by atoms with Gasteiger partial charge in [-0.25, -0.2) is 0 Å². The molecule has 0 saturated heterocycles. The van der Waals surface area contributed by atoms with Crippen LogP contribution >= 0.6 is 11.6 Å². The number of hydrogen-bond donors (Lipinski definition) is 0. The Morgan fingerprint density at radius 1 is 1.13 bits per heavy atom. The highest BCUT2D eigenvalue weighted by Crippen LogP contribution is 2.28. The molecule has 0 unspecified atom stereocenters. The number of benzene rings is 1. The molecule has 0 aliphatic rings. The van der Waals surface area contributed by atoms with Crippen LogP contribution in [0.25, 0.3) is 0 Å². The molecule has 0 aliphatic carbocycles. The minimum absolute atomic E-state index is 0.165. The van der Waals surface area contributed by atoms with Gasteiger partial charge in [-0.1, -0.05) is 23.4 Å². The van der Waals surface area contributed by atoms with Crippen molar-refractivity contribution in [3.05, 3.63) is 23.2 Å². The summed E-state index contributed by atoms with van der Waals surface area (Å²) in [5.74, 6) is 5.81. The third-order valence-electron chi connectivity index (χ3n) is 1.54. The minimum Gasteiger partial charge on any atom is -0.481 e. The number of rotatable bonds is 4. The first-order valence-electron chi connectivity index (χ1n) is 4.20. The standard InChI is InChI=1S/C12H9ClO2/c1-3-7-14-10-5-6-11(13)12(9-10)15-8-4-2/h1-2,5-6,9H,7-8H2. The molecule has 2 nitrogen and oxygen atoms in total. The molecule has 0 saturated carbocycles. The smallest absolute Gasteiger partial charge is 0.148 e. The lowest BCUT2D eigenvalue weighted by molar-refractivity contribution is 0.352. The summed E-state index contributed by atoms with van der Waals surface area (Å²) >= 11 is 5.88. The van der Waals surface area contributed by atoms with Crippen LogP contribution < -0.4 is 9.47 Å². The maximum absolute atomic E-state index is 5.88. The highest BCUT2D eigenvalue weighted by Gasteiger charge is 2.03. The molecule has 0 atom stereocenters. The van der Waals surface area contributed by atoms with Gasteiger partial charge in [0.05, 0.1) is 5.02 Å². The van der Waals surface area contributed by atoms with E-state index < -0.39 is 0 Å². The van der Waals surface area contributed by atoms with Crippen LogP contribution in [0.1, 0.15) is 0 Å². The third-order valence-corrected chi connectivity index (χ3v) is 1.85. The van der Waals surface area contributed by atoms with Gasteiger partial charge in [0.1, 0.15) is 24.7 Å². The Morgan fingerprint density at radius 2 is 1.80 bits per heavy atom. The van der Waals surface area contributed by atoms with Crippen molar-refractivity contribution in [1.82, 2.24) is 0 Å². The van der Waals surface area contributed by atoms with Gasteiger partial charge in [0.2, 0.25) is 0 Å². The molecule has 0 aromatic heterocycles. The summed E-state index contributed by atoms with van der Waals surface area (Å²) in [6.07, 6.45) is 10.1. The monoisotopic (exact) mass is 220 g/mol. The van der Waals surface area contributed by atoms with E-state index in [9.17, 15) is 0 Å². The number of halogens is 1. The van der Waals surface area contributed by atoms with Crippen LogP contribution in [0.4, 0.5) is 0 Å². The molecule has 1 aromatic carbocycles. The second-order valence-electron chi connectivity index (χ2n) is 2.58. The zero-order valence-corrected chi connectivity index (χ0v) is 8.75. The first kappa shape index (κ1) is 11.3. The lowest BCUT2D eigenvalue weighted by atomic mass is 10.3. The predicted molar refractivity (Wildman–Crippen MR) is 60.1 cm³/mol. The quantitative estimate of drug-likeness (QED) is 0.726. The maximum atomic E-state index is 5.88. The van der Waals surface area contributed by atoms with E-state index in [1.807, 2.05) is 0 Å². The van der Waals surface area contributed by atoms with Gasteiger partial charge in [0.25, 0.3) is 0 Å². The Kier molecular flexibility index (Phi) is 4.41. The van der Waals surface area contributed by atoms with Crippen molar-refractivity contribution in [3.8, 4) is 36.2 Å². The number of hydrogen-bond acceptors (Lipinski definition) is 2. The molecule has 0 aliphatic heterocycles. The molecule has 0 heterocycles. The average molecular weight is 221 g/mol. The van der Waals surface area contributed by atoms with Gasteiger partial charge >= 0.3 is 0 Å². The Hall–Kier alpha value is -1.77. The van der Waals surface area contributed by atoms with Gasteiger partial charge in [-0.3, -0.25) is 0 Å². The highest BCUT2D eigenvalue weighted by atomic mass is 35.5. The van der Waals surface area contributed by atoms with Gasteiger partial charge in [-0.2, -0.15) is 0 Å². The first-order chi connectivity index (χ1) is 7.27. The Balaban J connectivity index is 2.77. The van der Waals surface area contributed by atoms with Crippen LogP contribution in [0, 0.1) is 24.7 Å². The van der Waals surface area contributed by atoms with E-state index in [1.54, 1.807) is 18.2 Å². The van der Waals surface area contributed by atoms with E-state index in [-0.39, 0.29) is 13.2 Å². The van der Waals surface area contributed by atoms with Gasteiger partial charge < -0.3 is 9.47 Å². The fourth-order valence-corrected chi connectivity index (χ4v) is 1.10. The van der Waals surface area contributed by atoms with Crippen molar-refractivity contribution in [3.63, 3.8) is 0 Å². The molecule has 0 radical (unpaired) electrons. The van der Waals surface area contributed by atoms with Crippen LogP contribution in [-0.4, -0.2) is 13.2 Å². The Labute approximate surface area is 94.1 Å². The van der Waals surface area contributed by atoms with Gasteiger partial charge in [0.15, 0.2) is 0 Å². The largest absolute Gasteiger partial charge is 0.481 e. The lowest BCUT2D eigenvalue weighted by Crippen LogP contribution is -1.97. The van der Waals surface area contributed by atoms with Gasteiger partial charge in [-0.15, -0.1) is 12.8 Å². The first-order valence-corrected chi connectivity index (χ1v) is 4.58. The molecule has 15 heavy (non-hydrogen) atoms. The summed E-state index contributed by atoms with van der Waals surface area (Å²) in [6, 6.07) is 5.03. The summed E-state index contributed by atoms with van der Waals surface area (Å²) < 4.78 is 10.4. The molecule has 0 fully saturated rings. The molecular weight excluding hydrogens is 212 g/mol. The van der Waals surface area contributed by atoms with Crippen molar-refractivity contribution in [2.75, 3.05) is 13.2 Å². The zero-order chi connectivity index (χ0) is 11.1. The van der Waals surface area contributed by atoms with Crippen LogP contribution in [-0.2, 0) is 0 Å². The Bertz CT molecular complexity index is 413. The van der Waals surface area contributed by atoms with Crippen molar-refractivity contribution in [2.45, 2.75) is 0 Å². The van der Waals surface area contributed by atoms with Gasteiger partial charge in [0, 0.05) is 6.07 Å². The van der Waals surface area contributed by atoms with E-state index >= 15 is 0 Å². The van der Waals surface area contributed by atoms with E-state index in [0.717, 1.165) is 0 Å². The molecule has 3 heteroatoms. The van der Waals surface area contributed by atoms with Crippen LogP contribution in [0.5, 0.6) is 11.5 Å². The molecule has 0 bridgehead atoms. The van der Waals surface area contributed by atoms with E-state index in [1.165, 1.54) is 0 Å². The molecule has 1 rings (SSSR count). The fraction of sp³-hybridized carbons (Fsp3) is 0.167. The SMILES string of the molecule is C#CCOc1ccc(Cl)c(OCC#C)c1. The van der Waals surface area contributed by atoms with Crippen molar-refractivity contribution in [1.29, 1.82) is 0 Å². The van der Waals surface area contributed by atoms with E-state index in [0.29, 0.717) is 16.5 Å². The molecule has 0 amide bonds. The van der Waals surface area contributed by atoms with Crippen LogP contribution in [0.3, 0.4) is 0 Å². The van der Waals surface area contributed by atoms with Gasteiger partial charge in [-0.05, 0) is 12.1 Å². The van der Waals surface area contributed by atoms with Crippen molar-refractivity contribution in [2.24, 2.45) is 0 Å². The summed E-state index contributed by atoms with van der Waals surface area (Å²) in [4.78, 5) is 0. The van der Waals surface area contributed by atoms with Crippen LogP contribution in [0.2, 0.25) is 5.02 Å². The normalized spacial score (nSPS) is 8.73. The molecule has 1 aromatic rings. The summed E-state index contributed by atoms with van der Waals surface area (Å²) in [7, 11) is 0. The number of ether oxygens (including phenoxy) is 2. The van der Waals surface area contributed by atoms with Crippen LogP contribution in [0.15, 0.2) is 18.2 Å². The zero-order valence-electron chi connectivity index (χ0n) is 8.00. The van der Waals surface area contributed by atoms with E-state index in [4.69, 9.17) is 33.9 Å². The molecular formula is C12H9ClO2. The lowest BCUT2D eigenvalue weighted by Gasteiger charge is -2.07.